The zero-order chi connectivity index (χ0) is 22.5. The molecule has 0 saturated carbocycles. The van der Waals surface area contributed by atoms with Gasteiger partial charge in [0, 0.05) is 29.6 Å². The molecule has 1 aliphatic rings. The summed E-state index contributed by atoms with van der Waals surface area (Å²) in [5.74, 6) is 1.43. The van der Waals surface area contributed by atoms with Crippen molar-refractivity contribution in [1.82, 2.24) is 24.6 Å². The van der Waals surface area contributed by atoms with E-state index < -0.39 is 0 Å². The first-order valence-corrected chi connectivity index (χ1v) is 13.0. The summed E-state index contributed by atoms with van der Waals surface area (Å²) < 4.78 is 2.07. The van der Waals surface area contributed by atoms with Crippen LogP contribution in [0, 0.1) is 0 Å². The number of carbonyl (C=O) groups excluding carboxylic acids is 1. The lowest BCUT2D eigenvalue weighted by atomic mass is 9.98. The summed E-state index contributed by atoms with van der Waals surface area (Å²) in [5, 5.41) is 15.8. The van der Waals surface area contributed by atoms with E-state index in [1.807, 2.05) is 18.2 Å². The van der Waals surface area contributed by atoms with Crippen LogP contribution in [-0.2, 0) is 17.9 Å². The third-order valence-electron chi connectivity index (χ3n) is 5.89. The number of carbonyl (C=O) groups is 1. The van der Waals surface area contributed by atoms with Crippen molar-refractivity contribution >= 4 is 34.1 Å². The number of thioether (sulfide) groups is 1. The highest BCUT2D eigenvalue weighted by Crippen LogP contribution is 2.27. The van der Waals surface area contributed by atoms with Crippen LogP contribution < -0.4 is 5.32 Å². The van der Waals surface area contributed by atoms with E-state index in [-0.39, 0.29) is 5.91 Å². The Balaban J connectivity index is 1.36. The van der Waals surface area contributed by atoms with Crippen LogP contribution in [0.3, 0.4) is 0 Å². The van der Waals surface area contributed by atoms with Crippen molar-refractivity contribution in [3.05, 3.63) is 41.5 Å². The molecule has 2 aromatic heterocycles. The van der Waals surface area contributed by atoms with Gasteiger partial charge in [0.25, 0.3) is 0 Å². The number of piperidine rings is 1. The molecule has 1 aromatic carbocycles. The number of rotatable bonds is 8. The van der Waals surface area contributed by atoms with E-state index in [4.69, 9.17) is 0 Å². The summed E-state index contributed by atoms with van der Waals surface area (Å²) >= 11 is 3.06. The highest BCUT2D eigenvalue weighted by Gasteiger charge is 2.29. The summed E-state index contributed by atoms with van der Waals surface area (Å²) in [6.07, 6.45) is 3.38. The van der Waals surface area contributed by atoms with Crippen LogP contribution in [-0.4, -0.2) is 48.4 Å². The molecule has 2 atom stereocenters. The average molecular weight is 471 g/mol. The van der Waals surface area contributed by atoms with Crippen molar-refractivity contribution in [2.24, 2.45) is 0 Å². The molecule has 1 fully saturated rings. The Labute approximate surface area is 197 Å². The second kappa shape index (κ2) is 10.5. The minimum absolute atomic E-state index is 0.191. The molecule has 32 heavy (non-hydrogen) atoms. The lowest BCUT2D eigenvalue weighted by Gasteiger charge is -2.39. The molecular formula is C23H30N6OS2. The molecule has 1 amide bonds. The van der Waals surface area contributed by atoms with Crippen molar-refractivity contribution < 1.29 is 4.79 Å². The number of hydrogen-bond acceptors (Lipinski definition) is 7. The summed E-state index contributed by atoms with van der Waals surface area (Å²) in [7, 11) is 0. The van der Waals surface area contributed by atoms with Gasteiger partial charge < -0.3 is 14.8 Å². The Kier molecular flexibility index (Phi) is 7.47. The predicted molar refractivity (Wildman–Crippen MR) is 131 cm³/mol. The van der Waals surface area contributed by atoms with E-state index in [1.54, 1.807) is 11.3 Å². The standard InChI is InChI=1S/C23H30N6OS2/c1-4-28-20(13-24-22-25-19(14-31-22)18-11-6-5-7-12-18)26-27-23(28)32-15-21(30)29-16(2)9-8-10-17(29)3/h5-7,11-12,14,16-17H,4,8-10,13,15H2,1-3H3,(H,24,25)/t16-,17+. The van der Waals surface area contributed by atoms with Crippen molar-refractivity contribution in [2.75, 3.05) is 11.1 Å². The van der Waals surface area contributed by atoms with Crippen LogP contribution >= 0.6 is 23.1 Å². The normalized spacial score (nSPS) is 18.7. The van der Waals surface area contributed by atoms with Gasteiger partial charge in [0.2, 0.25) is 5.91 Å². The monoisotopic (exact) mass is 470 g/mol. The third kappa shape index (κ3) is 5.15. The minimum Gasteiger partial charge on any atom is -0.354 e. The molecule has 9 heteroatoms. The summed E-state index contributed by atoms with van der Waals surface area (Å²) in [4.78, 5) is 19.6. The second-order valence-corrected chi connectivity index (χ2v) is 9.92. The van der Waals surface area contributed by atoms with Gasteiger partial charge in [0.05, 0.1) is 18.0 Å². The number of thiazole rings is 1. The molecule has 1 saturated heterocycles. The van der Waals surface area contributed by atoms with E-state index >= 15 is 0 Å². The lowest BCUT2D eigenvalue weighted by molar-refractivity contribution is -0.134. The van der Waals surface area contributed by atoms with E-state index in [2.05, 4.69) is 68.2 Å². The minimum atomic E-state index is 0.191. The molecule has 170 valence electrons. The maximum Gasteiger partial charge on any atom is 0.233 e. The largest absolute Gasteiger partial charge is 0.354 e. The molecule has 0 radical (unpaired) electrons. The molecule has 3 aromatic rings. The fraction of sp³-hybridized carbons (Fsp3) is 0.478. The summed E-state index contributed by atoms with van der Waals surface area (Å²) in [6, 6.07) is 10.8. The van der Waals surface area contributed by atoms with Crippen LogP contribution in [0.2, 0.25) is 0 Å². The quantitative estimate of drug-likeness (QED) is 0.471. The van der Waals surface area contributed by atoms with Crippen LogP contribution in [0.1, 0.15) is 45.9 Å². The number of likely N-dealkylation sites (tertiary alicyclic amines) is 1. The summed E-state index contributed by atoms with van der Waals surface area (Å²) in [6.45, 7) is 7.67. The first-order chi connectivity index (χ1) is 15.6. The number of anilines is 1. The number of hydrogen-bond donors (Lipinski definition) is 1. The number of nitrogens with one attached hydrogen (secondary N) is 1. The van der Waals surface area contributed by atoms with Crippen molar-refractivity contribution in [1.29, 1.82) is 0 Å². The number of amides is 1. The highest BCUT2D eigenvalue weighted by molar-refractivity contribution is 7.99. The zero-order valence-electron chi connectivity index (χ0n) is 18.8. The van der Waals surface area contributed by atoms with Gasteiger partial charge in [-0.05, 0) is 40.0 Å². The molecule has 7 nitrogen and oxygen atoms in total. The second-order valence-electron chi connectivity index (χ2n) is 8.12. The predicted octanol–water partition coefficient (Wildman–Crippen LogP) is 4.92. The van der Waals surface area contributed by atoms with Gasteiger partial charge in [-0.3, -0.25) is 4.79 Å². The van der Waals surface area contributed by atoms with Gasteiger partial charge in [-0.15, -0.1) is 21.5 Å². The number of aromatic nitrogens is 4. The number of nitrogens with zero attached hydrogens (tertiary/aromatic N) is 5. The smallest absolute Gasteiger partial charge is 0.233 e. The van der Waals surface area contributed by atoms with Gasteiger partial charge in [-0.2, -0.15) is 0 Å². The van der Waals surface area contributed by atoms with Gasteiger partial charge in [0.1, 0.15) is 0 Å². The Bertz CT molecular complexity index is 1020. The van der Waals surface area contributed by atoms with Crippen LogP contribution in [0.4, 0.5) is 5.13 Å². The fourth-order valence-corrected chi connectivity index (χ4v) is 5.85. The first kappa shape index (κ1) is 22.8. The maximum absolute atomic E-state index is 12.9. The van der Waals surface area contributed by atoms with Crippen LogP contribution in [0.15, 0.2) is 40.9 Å². The molecular weight excluding hydrogens is 440 g/mol. The van der Waals surface area contributed by atoms with Crippen molar-refractivity contribution in [3.8, 4) is 11.3 Å². The van der Waals surface area contributed by atoms with Crippen molar-refractivity contribution in [3.63, 3.8) is 0 Å². The Morgan fingerprint density at radius 2 is 1.94 bits per heavy atom. The van der Waals surface area contributed by atoms with E-state index in [0.717, 1.165) is 46.8 Å². The van der Waals surface area contributed by atoms with Gasteiger partial charge in [-0.1, -0.05) is 42.1 Å². The average Bonchev–Trinajstić information content (AvgIpc) is 3.43. The first-order valence-electron chi connectivity index (χ1n) is 11.2. The van der Waals surface area contributed by atoms with Crippen LogP contribution in [0.5, 0.6) is 0 Å². The summed E-state index contributed by atoms with van der Waals surface area (Å²) in [5.41, 5.74) is 2.07. The van der Waals surface area contributed by atoms with E-state index in [9.17, 15) is 4.79 Å². The molecule has 1 aliphatic heterocycles. The molecule has 4 rings (SSSR count). The van der Waals surface area contributed by atoms with Gasteiger partial charge in [0.15, 0.2) is 16.1 Å². The van der Waals surface area contributed by atoms with Gasteiger partial charge in [-0.25, -0.2) is 4.98 Å². The Morgan fingerprint density at radius 3 is 2.66 bits per heavy atom. The molecule has 0 aliphatic carbocycles. The van der Waals surface area contributed by atoms with E-state index in [1.165, 1.54) is 18.2 Å². The topological polar surface area (TPSA) is 75.9 Å². The molecule has 0 spiro atoms. The third-order valence-corrected chi connectivity index (χ3v) is 7.64. The zero-order valence-corrected chi connectivity index (χ0v) is 20.5. The fourth-order valence-electron chi connectivity index (χ4n) is 4.24. The molecule has 0 bridgehead atoms. The molecule has 0 unspecified atom stereocenters. The maximum atomic E-state index is 12.9. The van der Waals surface area contributed by atoms with Gasteiger partial charge >= 0.3 is 0 Å². The lowest BCUT2D eigenvalue weighted by Crippen LogP contribution is -2.48. The SMILES string of the molecule is CCn1c(CNc2nc(-c3ccccc3)cs2)nnc1SCC(=O)N1[C@H](C)CCC[C@@H]1C. The Hall–Kier alpha value is -2.39. The van der Waals surface area contributed by atoms with E-state index in [0.29, 0.717) is 24.4 Å². The number of benzene rings is 1. The van der Waals surface area contributed by atoms with Crippen molar-refractivity contribution in [2.45, 2.75) is 70.4 Å². The Morgan fingerprint density at radius 1 is 1.19 bits per heavy atom. The highest BCUT2D eigenvalue weighted by atomic mass is 32.2. The van der Waals surface area contributed by atoms with Crippen LogP contribution in [0.25, 0.3) is 11.3 Å². The molecule has 1 N–H and O–H groups in total. The molecule has 3 heterocycles.